The van der Waals surface area contributed by atoms with Crippen molar-refractivity contribution in [1.29, 1.82) is 0 Å². The van der Waals surface area contributed by atoms with Crippen LogP contribution in [0.15, 0.2) is 29.1 Å². The van der Waals surface area contributed by atoms with Gasteiger partial charge in [-0.15, -0.1) is 0 Å². The van der Waals surface area contributed by atoms with Gasteiger partial charge in [-0.2, -0.15) is 11.8 Å². The highest BCUT2D eigenvalue weighted by Crippen LogP contribution is 2.36. The zero-order chi connectivity index (χ0) is 75.4. The molecule has 1 aromatic carbocycles. The maximum Gasteiger partial charge on any atom is 0.303 e. The molecule has 578 valence electrons. The van der Waals surface area contributed by atoms with Crippen LogP contribution in [-0.4, -0.2) is 298 Å². The van der Waals surface area contributed by atoms with E-state index in [1.165, 1.54) is 25.8 Å². The van der Waals surface area contributed by atoms with E-state index in [2.05, 4.69) is 52.8 Å². The molecule has 2 bridgehead atoms. The van der Waals surface area contributed by atoms with Crippen LogP contribution in [0.1, 0.15) is 64.0 Å². The molecule has 2 aromatic rings. The number of carboxylic acids is 1. The Hall–Kier alpha value is -7.83. The predicted molar refractivity (Wildman–Crippen MR) is 369 cm³/mol. The quantitative estimate of drug-likeness (QED) is 0.0276. The molecule has 1 aromatic heterocycles. The second-order valence-electron chi connectivity index (χ2n) is 24.3. The van der Waals surface area contributed by atoms with Gasteiger partial charge in [-0.05, 0) is 23.6 Å². The number of aromatic nitrogens is 1. The number of aliphatic hydroxyl groups is 3. The minimum Gasteiger partial charge on any atom is -0.496 e. The number of methoxy groups -OCH3 is 1. The SMILES string of the molecule is CC[C@H](C)[C@@H]1NC(=O)CNC(=O)[C@@H]2Cc3c([nH]c4c(CSCCOCCOCCOCCOCCOCCOCCOCCN/C=C(\N)CNC(=O)CCC(=O)O)c(OC)ccc34)S(=O)C[C@@H](NC(=O)CNC1=O)C(=O)N[C@@H](CC(N)=O)C(=O)N1C[C@H](O)C[C@H]1C(=O)N[C@@H]([C@@H](C)[C@@H](O)CO)C(=O)N2. The van der Waals surface area contributed by atoms with Crippen LogP contribution < -0.4 is 64.1 Å². The third-order valence-corrected chi connectivity index (χ3v) is 19.0. The van der Waals surface area contributed by atoms with E-state index in [0.29, 0.717) is 119 Å². The van der Waals surface area contributed by atoms with E-state index in [9.17, 15) is 68.1 Å². The van der Waals surface area contributed by atoms with Crippen LogP contribution in [0.3, 0.4) is 0 Å². The molecule has 11 atom stereocenters. The summed E-state index contributed by atoms with van der Waals surface area (Å²) in [7, 11) is -1.02. The largest absolute Gasteiger partial charge is 0.496 e. The zero-order valence-corrected chi connectivity index (χ0v) is 60.0. The average molecular weight is 1500 g/mol. The van der Waals surface area contributed by atoms with E-state index in [1.807, 2.05) is 0 Å². The van der Waals surface area contributed by atoms with E-state index in [-0.39, 0.29) is 55.5 Å². The summed E-state index contributed by atoms with van der Waals surface area (Å²) in [5.41, 5.74) is 12.7. The summed E-state index contributed by atoms with van der Waals surface area (Å²) < 4.78 is 60.3. The van der Waals surface area contributed by atoms with Crippen molar-refractivity contribution in [2.45, 2.75) is 119 Å². The number of thioether (sulfide) groups is 1. The van der Waals surface area contributed by atoms with Crippen LogP contribution in [-0.2, 0) is 109 Å². The Labute approximate surface area is 602 Å². The molecular weight excluding hydrogens is 1400 g/mol. The summed E-state index contributed by atoms with van der Waals surface area (Å²) in [5.74, 6) is -12.4. The van der Waals surface area contributed by atoms with Gasteiger partial charge in [0.1, 0.15) is 47.0 Å². The number of carbonyl (C=O) groups is 11. The lowest BCUT2D eigenvalue weighted by Gasteiger charge is -2.32. The molecule has 10 amide bonds. The van der Waals surface area contributed by atoms with Gasteiger partial charge in [-0.1, -0.05) is 27.2 Å². The number of H-pyrrole nitrogens is 1. The number of aliphatic carboxylic acids is 1. The van der Waals surface area contributed by atoms with Gasteiger partial charge in [0.15, 0.2) is 0 Å². The Kier molecular flexibility index (Phi) is 38.4. The molecule has 3 aliphatic heterocycles. The fraction of sp³-hybridized carbons (Fsp3) is 0.672. The molecule has 1 fully saturated rings. The molecule has 5 rings (SSSR count). The Balaban J connectivity index is 1.22. The summed E-state index contributed by atoms with van der Waals surface area (Å²) in [6.07, 6.45) is -3.42. The topological polar surface area (TPSA) is 539 Å². The van der Waals surface area contributed by atoms with Gasteiger partial charge in [0.25, 0.3) is 0 Å². The molecule has 4 heterocycles. The van der Waals surface area contributed by atoms with Gasteiger partial charge in [0, 0.05) is 72.6 Å². The fourth-order valence-electron chi connectivity index (χ4n) is 10.8. The number of aliphatic hydroxyl groups excluding tert-OH is 3. The maximum atomic E-state index is 15.3. The lowest BCUT2D eigenvalue weighted by Crippen LogP contribution is -2.62. The summed E-state index contributed by atoms with van der Waals surface area (Å²) in [5, 5.41) is 63.8. The van der Waals surface area contributed by atoms with Crippen LogP contribution in [0.4, 0.5) is 0 Å². The second kappa shape index (κ2) is 46.1. The standard InChI is InChI=1S/C64H101N13O24S2/c1-5-37(2)55-61(90)70-31-52(83)71-46-36-103(93)63-42(27-44(58(87)69-32-53(84)74-55)72-62(91)56(38(3)48(80)34-78)75-60(89)47-26-40(79)33-77(47)64(92)45(28-50(66)81)73-59(46)88)41-6-7-49(94-4)43(57(41)76-63)35-102-25-24-101-23-22-100-21-20-99-19-18-98-17-16-97-15-14-96-13-12-95-11-10-67-29-39(65)30-68-51(82)8-9-54(85)86/h6-7,29,37-38,40,44-48,55-56,67,76,78-80H,5,8-28,30-36,65H2,1-4H3,(H2,66,81)(H,68,82)(H,69,87)(H,70,90)(H,71,83)(H,72,91)(H,73,88)(H,74,84)(H,75,89)(H,85,86)/b39-29-/t37-,38-,40+,44-,45-,46+,47-,48-,55-,56-,103?/m0/s1. The highest BCUT2D eigenvalue weighted by molar-refractivity contribution is 7.98. The number of benzene rings is 1. The lowest BCUT2D eigenvalue weighted by atomic mass is 9.93. The third kappa shape index (κ3) is 29.3. The molecule has 103 heavy (non-hydrogen) atoms. The molecule has 18 N–H and O–H groups in total. The predicted octanol–water partition coefficient (Wildman–Crippen LogP) is -5.90. The van der Waals surface area contributed by atoms with E-state index in [1.54, 1.807) is 32.2 Å². The van der Waals surface area contributed by atoms with Crippen LogP contribution in [0.5, 0.6) is 5.75 Å². The molecule has 3 aliphatic rings. The van der Waals surface area contributed by atoms with E-state index < -0.39 is 187 Å². The average Bonchev–Trinajstić information content (AvgIpc) is 1.62. The first-order valence-corrected chi connectivity index (χ1v) is 36.3. The number of hydrogen-bond donors (Lipinski definition) is 16. The highest BCUT2D eigenvalue weighted by Gasteiger charge is 2.45. The maximum absolute atomic E-state index is 15.3. The summed E-state index contributed by atoms with van der Waals surface area (Å²) >= 11 is 1.43. The first kappa shape index (κ1) is 85.8. The number of nitrogens with two attached hydrogens (primary N) is 2. The number of rotatable bonds is 40. The molecular formula is C64H101N13O24S2. The second-order valence-corrected chi connectivity index (χ2v) is 26.8. The van der Waals surface area contributed by atoms with Crippen LogP contribution >= 0.6 is 11.8 Å². The molecule has 0 aliphatic carbocycles. The number of primary amides is 1. The van der Waals surface area contributed by atoms with Crippen LogP contribution in [0.25, 0.3) is 10.9 Å². The zero-order valence-electron chi connectivity index (χ0n) is 58.4. The molecule has 37 nitrogen and oxygen atoms in total. The summed E-state index contributed by atoms with van der Waals surface area (Å²) in [4.78, 5) is 153. The van der Waals surface area contributed by atoms with E-state index in [4.69, 9.17) is 54.5 Å². The summed E-state index contributed by atoms with van der Waals surface area (Å²) in [6.45, 7) is 7.01. The van der Waals surface area contributed by atoms with Gasteiger partial charge >= 0.3 is 5.97 Å². The Morgan fingerprint density at radius 1 is 0.738 bits per heavy atom. The Morgan fingerprint density at radius 3 is 1.91 bits per heavy atom. The van der Waals surface area contributed by atoms with Crippen molar-refractivity contribution in [3.05, 3.63) is 35.2 Å². The minimum absolute atomic E-state index is 0.0918. The Bertz CT molecular complexity index is 3200. The number of carboxylic acid groups (broad SMARTS) is 1. The number of fused-ring (bicyclic) bond motifs is 5. The monoisotopic (exact) mass is 1500 g/mol. The molecule has 1 unspecified atom stereocenters. The smallest absolute Gasteiger partial charge is 0.303 e. The highest BCUT2D eigenvalue weighted by atomic mass is 32.2. The van der Waals surface area contributed by atoms with Crippen molar-refractivity contribution in [3.8, 4) is 5.75 Å². The van der Waals surface area contributed by atoms with Crippen LogP contribution in [0, 0.1) is 11.8 Å². The third-order valence-electron chi connectivity index (χ3n) is 16.6. The van der Waals surface area contributed by atoms with Crippen molar-refractivity contribution >= 4 is 98.5 Å². The van der Waals surface area contributed by atoms with Gasteiger partial charge in [0.2, 0.25) is 59.1 Å². The first-order valence-electron chi connectivity index (χ1n) is 33.9. The number of aromatic amines is 1. The number of hydrogen-bond acceptors (Lipinski definition) is 26. The van der Waals surface area contributed by atoms with Crippen molar-refractivity contribution in [2.75, 3.05) is 150 Å². The number of ether oxygens (including phenoxy) is 8. The molecule has 1 saturated heterocycles. The molecule has 39 heteroatoms. The van der Waals surface area contributed by atoms with Gasteiger partial charge in [-0.25, -0.2) is 0 Å². The first-order chi connectivity index (χ1) is 49.4. The van der Waals surface area contributed by atoms with Gasteiger partial charge in [-0.3, -0.25) is 56.9 Å². The van der Waals surface area contributed by atoms with Crippen molar-refractivity contribution in [3.63, 3.8) is 0 Å². The number of nitrogens with one attached hydrogen (secondary N) is 10. The number of nitrogens with zero attached hydrogens (tertiary/aromatic N) is 1. The molecule has 0 saturated carbocycles. The fourth-order valence-corrected chi connectivity index (χ4v) is 13.0. The number of carbonyl (C=O) groups excluding carboxylic acids is 10. The van der Waals surface area contributed by atoms with Crippen molar-refractivity contribution in [2.24, 2.45) is 23.3 Å². The number of amides is 10. The Morgan fingerprint density at radius 2 is 1.33 bits per heavy atom. The van der Waals surface area contributed by atoms with E-state index >= 15 is 4.21 Å². The van der Waals surface area contributed by atoms with Gasteiger partial charge < -0.3 is 128 Å². The molecule has 0 spiro atoms. The van der Waals surface area contributed by atoms with Crippen molar-refractivity contribution < 1.29 is 115 Å². The normalized spacial score (nSPS) is 22.2. The van der Waals surface area contributed by atoms with Crippen molar-refractivity contribution in [1.82, 2.24) is 57.7 Å². The van der Waals surface area contributed by atoms with E-state index in [0.717, 1.165) is 4.90 Å². The minimum atomic E-state index is -2.45. The van der Waals surface area contributed by atoms with Crippen LogP contribution in [0.2, 0.25) is 0 Å². The van der Waals surface area contributed by atoms with Gasteiger partial charge in [0.05, 0.1) is 173 Å². The summed E-state index contributed by atoms with van der Waals surface area (Å²) in [6, 6.07) is -6.98. The molecule has 0 radical (unpaired) electrons. The lowest BCUT2D eigenvalue weighted by molar-refractivity contribution is -0.144.